The Hall–Kier alpha value is -2.62. The highest BCUT2D eigenvalue weighted by Gasteiger charge is 2.33. The number of nitrogens with one attached hydrogen (secondary N) is 2. The van der Waals surface area contributed by atoms with Gasteiger partial charge in [-0.15, -0.1) is 0 Å². The third kappa shape index (κ3) is 7.21. The molecule has 2 aromatic rings. The Morgan fingerprint density at radius 1 is 1.14 bits per heavy atom. The quantitative estimate of drug-likeness (QED) is 0.432. The second-order valence-electron chi connectivity index (χ2n) is 10.2. The number of aliphatic hydroxyl groups is 1. The molecule has 1 aromatic carbocycles. The van der Waals surface area contributed by atoms with E-state index in [0.717, 1.165) is 73.6 Å². The van der Waals surface area contributed by atoms with Crippen molar-refractivity contribution in [3.05, 3.63) is 36.2 Å². The van der Waals surface area contributed by atoms with Crippen LogP contribution in [-0.2, 0) is 6.54 Å². The molecule has 36 heavy (non-hydrogen) atoms. The Morgan fingerprint density at radius 3 is 2.75 bits per heavy atom. The van der Waals surface area contributed by atoms with Crippen molar-refractivity contribution in [2.24, 2.45) is 5.92 Å². The van der Waals surface area contributed by atoms with Crippen LogP contribution in [0.1, 0.15) is 38.2 Å². The number of hydrogen-bond donors (Lipinski definition) is 3. The van der Waals surface area contributed by atoms with E-state index in [4.69, 9.17) is 9.47 Å². The molecule has 0 spiro atoms. The molecule has 0 saturated carbocycles. The largest absolute Gasteiger partial charge is 0.493 e. The summed E-state index contributed by atoms with van der Waals surface area (Å²) in [6, 6.07) is 7.98. The second-order valence-corrected chi connectivity index (χ2v) is 10.2. The van der Waals surface area contributed by atoms with Crippen molar-refractivity contribution >= 4 is 11.6 Å². The molecule has 0 bridgehead atoms. The van der Waals surface area contributed by atoms with E-state index in [-0.39, 0.29) is 0 Å². The van der Waals surface area contributed by atoms with E-state index < -0.39 is 5.60 Å². The van der Waals surface area contributed by atoms with Gasteiger partial charge in [0.15, 0.2) is 11.5 Å². The zero-order valence-electron chi connectivity index (χ0n) is 22.0. The van der Waals surface area contributed by atoms with Gasteiger partial charge in [0.25, 0.3) is 0 Å². The maximum absolute atomic E-state index is 11.3. The molecule has 9 heteroatoms. The van der Waals surface area contributed by atoms with Crippen LogP contribution in [0.25, 0.3) is 0 Å². The lowest BCUT2D eigenvalue weighted by Crippen LogP contribution is -2.53. The van der Waals surface area contributed by atoms with E-state index >= 15 is 0 Å². The summed E-state index contributed by atoms with van der Waals surface area (Å²) in [6.45, 7) is 8.81. The summed E-state index contributed by atoms with van der Waals surface area (Å²) in [4.78, 5) is 13.2. The molecule has 1 atom stereocenters. The average molecular weight is 499 g/mol. The third-order valence-corrected chi connectivity index (χ3v) is 7.34. The number of benzene rings is 1. The third-order valence-electron chi connectivity index (χ3n) is 7.34. The first-order valence-corrected chi connectivity index (χ1v) is 13.2. The lowest BCUT2D eigenvalue weighted by atomic mass is 9.92. The number of nitrogens with zero attached hydrogens (tertiary/aromatic N) is 4. The zero-order chi connectivity index (χ0) is 25.4. The van der Waals surface area contributed by atoms with Gasteiger partial charge in [-0.2, -0.15) is 0 Å². The number of β-amino-alcohol motifs (C(OH)–C–C–N with tert-alkyl or cyclic N) is 1. The molecular weight excluding hydrogens is 456 g/mol. The molecule has 2 saturated heterocycles. The van der Waals surface area contributed by atoms with Gasteiger partial charge in [0.05, 0.1) is 12.7 Å². The van der Waals surface area contributed by atoms with Gasteiger partial charge < -0.3 is 30.1 Å². The topological polar surface area (TPSA) is 95.0 Å². The van der Waals surface area contributed by atoms with Crippen LogP contribution in [0.3, 0.4) is 0 Å². The monoisotopic (exact) mass is 498 g/mol. The average Bonchev–Trinajstić information content (AvgIpc) is 2.90. The standard InChI is InChI=1S/C27H42N6O3/c1-21-7-11-32(12-8-21)13-14-36-23-6-5-22(15-24(23)35-3)17-29-18-27(34)9-4-10-33(19-27)26-16-25(28-2)30-20-31-26/h5-6,15-16,20-21,29,34H,4,7-14,17-19H2,1-3H3,(H,28,30,31)/t27-/m0/s1. The van der Waals surface area contributed by atoms with E-state index in [0.29, 0.717) is 26.2 Å². The first kappa shape index (κ1) is 26.4. The Balaban J connectivity index is 1.25. The number of piperidine rings is 2. The lowest BCUT2D eigenvalue weighted by molar-refractivity contribution is 0.0259. The van der Waals surface area contributed by atoms with Gasteiger partial charge in [0.2, 0.25) is 0 Å². The van der Waals surface area contributed by atoms with Crippen LogP contribution in [0.5, 0.6) is 11.5 Å². The molecule has 0 aliphatic carbocycles. The summed E-state index contributed by atoms with van der Waals surface area (Å²) < 4.78 is 11.7. The number of methoxy groups -OCH3 is 1. The van der Waals surface area contributed by atoms with Crippen LogP contribution >= 0.6 is 0 Å². The number of ether oxygens (including phenoxy) is 2. The van der Waals surface area contributed by atoms with Crippen LogP contribution in [-0.4, -0.2) is 85.6 Å². The molecule has 3 N–H and O–H groups in total. The molecule has 198 valence electrons. The summed E-state index contributed by atoms with van der Waals surface area (Å²) in [7, 11) is 3.52. The molecule has 0 amide bonds. The highest BCUT2D eigenvalue weighted by molar-refractivity contribution is 5.48. The van der Waals surface area contributed by atoms with Gasteiger partial charge in [-0.3, -0.25) is 4.90 Å². The Morgan fingerprint density at radius 2 is 1.97 bits per heavy atom. The van der Waals surface area contributed by atoms with Crippen LogP contribution < -0.4 is 25.0 Å². The fraction of sp³-hybridized carbons (Fsp3) is 0.630. The number of anilines is 2. The number of rotatable bonds is 11. The molecule has 9 nitrogen and oxygen atoms in total. The Kier molecular flexibility index (Phi) is 9.23. The van der Waals surface area contributed by atoms with Crippen molar-refractivity contribution in [3.8, 4) is 11.5 Å². The fourth-order valence-corrected chi connectivity index (χ4v) is 5.06. The number of hydrogen-bond acceptors (Lipinski definition) is 9. The molecule has 2 aliphatic heterocycles. The number of aromatic nitrogens is 2. The van der Waals surface area contributed by atoms with Crippen molar-refractivity contribution in [1.82, 2.24) is 20.2 Å². The number of likely N-dealkylation sites (tertiary alicyclic amines) is 1. The normalized spacial score (nSPS) is 21.4. The predicted octanol–water partition coefficient (Wildman–Crippen LogP) is 2.76. The molecule has 0 unspecified atom stereocenters. The minimum absolute atomic E-state index is 0.502. The van der Waals surface area contributed by atoms with E-state index in [1.54, 1.807) is 13.4 Å². The van der Waals surface area contributed by atoms with E-state index in [9.17, 15) is 5.11 Å². The van der Waals surface area contributed by atoms with Crippen LogP contribution in [0.15, 0.2) is 30.6 Å². The molecule has 2 fully saturated rings. The van der Waals surface area contributed by atoms with Gasteiger partial charge >= 0.3 is 0 Å². The van der Waals surface area contributed by atoms with E-state index in [2.05, 4.69) is 43.4 Å². The van der Waals surface area contributed by atoms with Crippen molar-refractivity contribution in [3.63, 3.8) is 0 Å². The van der Waals surface area contributed by atoms with Gasteiger partial charge in [0, 0.05) is 45.8 Å². The maximum atomic E-state index is 11.3. The molecule has 0 radical (unpaired) electrons. The highest BCUT2D eigenvalue weighted by atomic mass is 16.5. The van der Waals surface area contributed by atoms with Crippen molar-refractivity contribution in [2.45, 2.75) is 44.8 Å². The SMILES string of the molecule is CNc1cc(N2CCC[C@](O)(CNCc3ccc(OCCN4CCC(C)CC4)c(OC)c3)C2)ncn1. The molecule has 1 aromatic heterocycles. The summed E-state index contributed by atoms with van der Waals surface area (Å²) >= 11 is 0. The first-order valence-electron chi connectivity index (χ1n) is 13.2. The summed E-state index contributed by atoms with van der Waals surface area (Å²) in [6.07, 6.45) is 5.77. The van der Waals surface area contributed by atoms with Gasteiger partial charge in [0.1, 0.15) is 24.6 Å². The minimum atomic E-state index is -0.817. The smallest absolute Gasteiger partial charge is 0.161 e. The highest BCUT2D eigenvalue weighted by Crippen LogP contribution is 2.29. The molecule has 4 rings (SSSR count). The van der Waals surface area contributed by atoms with Crippen LogP contribution in [0.4, 0.5) is 11.6 Å². The maximum Gasteiger partial charge on any atom is 0.161 e. The Bertz CT molecular complexity index is 968. The van der Waals surface area contributed by atoms with Crippen LogP contribution in [0.2, 0.25) is 0 Å². The van der Waals surface area contributed by atoms with Gasteiger partial charge in [-0.25, -0.2) is 9.97 Å². The van der Waals surface area contributed by atoms with Crippen molar-refractivity contribution in [2.75, 3.05) is 70.2 Å². The predicted molar refractivity (Wildman–Crippen MR) is 143 cm³/mol. The first-order chi connectivity index (χ1) is 17.5. The summed E-state index contributed by atoms with van der Waals surface area (Å²) in [5.41, 5.74) is 0.275. The van der Waals surface area contributed by atoms with Crippen molar-refractivity contribution in [1.29, 1.82) is 0 Å². The summed E-state index contributed by atoms with van der Waals surface area (Å²) in [5.74, 6) is 3.97. The van der Waals surface area contributed by atoms with E-state index in [1.807, 2.05) is 25.2 Å². The van der Waals surface area contributed by atoms with Gasteiger partial charge in [-0.1, -0.05) is 13.0 Å². The Labute approximate surface area is 215 Å². The molecule has 2 aliphatic rings. The van der Waals surface area contributed by atoms with Crippen LogP contribution in [0, 0.1) is 5.92 Å². The minimum Gasteiger partial charge on any atom is -0.493 e. The molecular formula is C27H42N6O3. The van der Waals surface area contributed by atoms with Gasteiger partial charge in [-0.05, 0) is 62.4 Å². The summed E-state index contributed by atoms with van der Waals surface area (Å²) in [5, 5.41) is 17.7. The molecule has 3 heterocycles. The van der Waals surface area contributed by atoms with E-state index in [1.165, 1.54) is 12.8 Å². The fourth-order valence-electron chi connectivity index (χ4n) is 5.06. The zero-order valence-corrected chi connectivity index (χ0v) is 22.0. The van der Waals surface area contributed by atoms with Crippen molar-refractivity contribution < 1.29 is 14.6 Å². The lowest BCUT2D eigenvalue weighted by Gasteiger charge is -2.40. The second kappa shape index (κ2) is 12.6.